The zero-order valence-electron chi connectivity index (χ0n) is 32.9. The van der Waals surface area contributed by atoms with Gasteiger partial charge in [0.25, 0.3) is 23.6 Å². The number of carbonyl (C=O) groups excluding carboxylic acids is 4. The summed E-state index contributed by atoms with van der Waals surface area (Å²) in [5.41, 5.74) is 7.82. The van der Waals surface area contributed by atoms with E-state index in [2.05, 4.69) is 0 Å². The minimum Gasteiger partial charge on any atom is -0.507 e. The van der Waals surface area contributed by atoms with Crippen LogP contribution in [0.5, 0.6) is 23.0 Å². The third-order valence-electron chi connectivity index (χ3n) is 11.6. The number of ether oxygens (including phenoxy) is 2. The third-order valence-corrected chi connectivity index (χ3v) is 11.6. The first-order chi connectivity index (χ1) is 29.3. The summed E-state index contributed by atoms with van der Waals surface area (Å²) in [4.78, 5) is 54.5. The predicted octanol–water partition coefficient (Wildman–Crippen LogP) is 7.90. The van der Waals surface area contributed by atoms with E-state index in [1.807, 2.05) is 72.8 Å². The third kappa shape index (κ3) is 7.14. The topological polar surface area (TPSA) is 134 Å². The molecule has 10 nitrogen and oxygen atoms in total. The molecular weight excluding hydrogens is 757 g/mol. The maximum Gasteiger partial charge on any atom is 0.261 e. The van der Waals surface area contributed by atoms with Gasteiger partial charge in [-0.3, -0.25) is 29.0 Å². The van der Waals surface area contributed by atoms with Gasteiger partial charge in [-0.25, -0.2) is 0 Å². The van der Waals surface area contributed by atoms with Gasteiger partial charge in [0, 0.05) is 38.8 Å². The van der Waals surface area contributed by atoms with Crippen LogP contribution in [0.4, 0.5) is 0 Å². The zero-order valence-corrected chi connectivity index (χ0v) is 32.9. The number of hydrogen-bond acceptors (Lipinski definition) is 8. The van der Waals surface area contributed by atoms with Crippen molar-refractivity contribution in [1.82, 2.24) is 9.80 Å². The molecule has 2 aliphatic heterocycles. The van der Waals surface area contributed by atoms with Gasteiger partial charge in [0.15, 0.2) is 0 Å². The number of hydrogen-bond donors (Lipinski definition) is 2. The van der Waals surface area contributed by atoms with Crippen molar-refractivity contribution in [2.24, 2.45) is 0 Å². The lowest BCUT2D eigenvalue weighted by atomic mass is 9.91. The van der Waals surface area contributed by atoms with E-state index in [-0.39, 0.29) is 61.4 Å². The van der Waals surface area contributed by atoms with Crippen LogP contribution >= 0.6 is 0 Å². The molecule has 9 rings (SSSR count). The first kappa shape index (κ1) is 38.3. The van der Waals surface area contributed by atoms with Crippen molar-refractivity contribution >= 4 is 23.6 Å². The van der Waals surface area contributed by atoms with Crippen LogP contribution in [-0.2, 0) is 25.7 Å². The summed E-state index contributed by atoms with van der Waals surface area (Å²) in [6, 6.07) is 36.8. The monoisotopic (exact) mass is 798 g/mol. The Bertz CT molecular complexity index is 2360. The minimum atomic E-state index is -0.306. The highest BCUT2D eigenvalue weighted by atomic mass is 16.5. The molecule has 0 unspecified atom stereocenters. The second-order valence-electron chi connectivity index (χ2n) is 15.4. The fraction of sp³-hybridized carbons (Fsp3) is 0.200. The van der Waals surface area contributed by atoms with Crippen molar-refractivity contribution in [1.29, 1.82) is 0 Å². The summed E-state index contributed by atoms with van der Waals surface area (Å²) >= 11 is 0. The Labute approximate surface area is 347 Å². The number of aromatic hydroxyl groups is 2. The number of amides is 4. The van der Waals surface area contributed by atoms with Crippen LogP contribution in [0.15, 0.2) is 121 Å². The Morgan fingerprint density at radius 3 is 0.933 bits per heavy atom. The summed E-state index contributed by atoms with van der Waals surface area (Å²) in [6.07, 6.45) is 2.24. The first-order valence-electron chi connectivity index (χ1n) is 20.2. The van der Waals surface area contributed by atoms with Crippen molar-refractivity contribution in [2.45, 2.75) is 38.5 Å². The van der Waals surface area contributed by atoms with Gasteiger partial charge in [-0.2, -0.15) is 0 Å². The Morgan fingerprint density at radius 2 is 0.650 bits per heavy atom. The maximum atomic E-state index is 13.0. The number of phenolic OH excluding ortho intramolecular Hbond substituents is 2. The van der Waals surface area contributed by atoms with Crippen LogP contribution in [0, 0.1) is 0 Å². The molecule has 0 atom stereocenters. The molecule has 2 heterocycles. The van der Waals surface area contributed by atoms with Crippen molar-refractivity contribution in [3.05, 3.63) is 188 Å². The number of benzene rings is 6. The average molecular weight is 799 g/mol. The SMILES string of the molecule is O=C1c2ccccc2C(=O)N1CCCOc1c2cccc1Cc1cccc(c1O)Cc1cccc(c1OCCCN1C(=O)c3ccccc3C1=O)Cc1cccc(c1O)C2. The number of rotatable bonds is 10. The lowest BCUT2D eigenvalue weighted by Crippen LogP contribution is -2.31. The van der Waals surface area contributed by atoms with Gasteiger partial charge in [-0.05, 0) is 81.6 Å². The quantitative estimate of drug-likeness (QED) is 0.105. The highest BCUT2D eigenvalue weighted by Crippen LogP contribution is 2.38. The summed E-state index contributed by atoms with van der Waals surface area (Å²) < 4.78 is 13.1. The first-order valence-corrected chi connectivity index (χ1v) is 20.2. The van der Waals surface area contributed by atoms with Gasteiger partial charge in [-0.1, -0.05) is 97.1 Å². The normalized spacial score (nSPS) is 14.3. The minimum absolute atomic E-state index is 0.163. The molecule has 0 spiro atoms. The molecule has 300 valence electrons. The molecule has 60 heavy (non-hydrogen) atoms. The molecule has 6 aromatic rings. The van der Waals surface area contributed by atoms with Crippen LogP contribution in [0.2, 0.25) is 0 Å². The molecule has 4 amide bonds. The van der Waals surface area contributed by atoms with E-state index in [1.54, 1.807) is 48.5 Å². The van der Waals surface area contributed by atoms with E-state index >= 15 is 0 Å². The number of fused-ring (bicyclic) bond motifs is 10. The number of para-hydroxylation sites is 4. The van der Waals surface area contributed by atoms with Crippen molar-refractivity contribution < 1.29 is 38.9 Å². The van der Waals surface area contributed by atoms with Gasteiger partial charge in [0.2, 0.25) is 0 Å². The van der Waals surface area contributed by atoms with Crippen LogP contribution < -0.4 is 9.47 Å². The lowest BCUT2D eigenvalue weighted by molar-refractivity contribution is 0.0630. The predicted molar refractivity (Wildman–Crippen MR) is 224 cm³/mol. The van der Waals surface area contributed by atoms with E-state index in [0.717, 1.165) is 22.3 Å². The second kappa shape index (κ2) is 16.2. The van der Waals surface area contributed by atoms with E-state index in [9.17, 15) is 29.4 Å². The molecule has 3 aliphatic rings. The average Bonchev–Trinajstić information content (AvgIpc) is 3.65. The van der Waals surface area contributed by atoms with Crippen molar-refractivity contribution in [2.75, 3.05) is 26.3 Å². The fourth-order valence-corrected chi connectivity index (χ4v) is 8.56. The molecule has 6 aromatic carbocycles. The smallest absolute Gasteiger partial charge is 0.261 e. The Kier molecular flexibility index (Phi) is 10.4. The summed E-state index contributed by atoms with van der Waals surface area (Å²) in [5.74, 6) is 0.361. The van der Waals surface area contributed by atoms with Gasteiger partial charge >= 0.3 is 0 Å². The lowest BCUT2D eigenvalue weighted by Gasteiger charge is -2.21. The van der Waals surface area contributed by atoms with E-state index in [4.69, 9.17) is 9.47 Å². The highest BCUT2D eigenvalue weighted by Gasteiger charge is 2.36. The van der Waals surface area contributed by atoms with Gasteiger partial charge in [0.05, 0.1) is 35.5 Å². The number of imide groups is 2. The summed E-state index contributed by atoms with van der Waals surface area (Å²) in [7, 11) is 0. The summed E-state index contributed by atoms with van der Waals surface area (Å²) in [6.45, 7) is 0.859. The Balaban J connectivity index is 0.986. The van der Waals surface area contributed by atoms with Crippen LogP contribution in [0.1, 0.15) is 98.8 Å². The molecule has 0 radical (unpaired) electrons. The van der Waals surface area contributed by atoms with Crippen molar-refractivity contribution in [3.63, 3.8) is 0 Å². The maximum absolute atomic E-state index is 13.0. The molecule has 2 N–H and O–H groups in total. The zero-order chi connectivity index (χ0) is 41.3. The number of phenols is 2. The van der Waals surface area contributed by atoms with Crippen LogP contribution in [0.25, 0.3) is 0 Å². The van der Waals surface area contributed by atoms with E-state index in [1.165, 1.54) is 9.80 Å². The highest BCUT2D eigenvalue weighted by molar-refractivity contribution is 6.22. The molecular formula is C50H42N2O8. The van der Waals surface area contributed by atoms with Crippen LogP contribution in [0.3, 0.4) is 0 Å². The molecule has 0 fully saturated rings. The van der Waals surface area contributed by atoms with Gasteiger partial charge in [0.1, 0.15) is 23.0 Å². The second-order valence-corrected chi connectivity index (χ2v) is 15.4. The number of nitrogens with zero attached hydrogens (tertiary/aromatic N) is 2. The molecule has 0 saturated heterocycles. The number of carbonyl (C=O) groups is 4. The molecule has 1 aliphatic carbocycles. The Morgan fingerprint density at radius 1 is 0.383 bits per heavy atom. The molecule has 0 saturated carbocycles. The Hall–Kier alpha value is -7.20. The standard InChI is InChI=1S/C50H42N2O8/c53-43-31-11-5-13-33(43)29-37-17-8-18-38(46(37)60-26-10-24-52-49(57)41-21-3-4-22-42(41)50(52)58)30-34-14-6-12-32(44(34)54)28-36-16-7-15-35(27-31)45(36)59-25-9-23-51-47(55)39-19-1-2-20-40(39)48(51)56/h1-8,11-22,53-54H,9-10,23-30H2. The van der Waals surface area contributed by atoms with E-state index in [0.29, 0.717) is 94.5 Å². The van der Waals surface area contributed by atoms with Crippen molar-refractivity contribution in [3.8, 4) is 23.0 Å². The van der Waals surface area contributed by atoms with Crippen LogP contribution in [-0.4, -0.2) is 69.9 Å². The molecule has 10 heteroatoms. The molecule has 0 aromatic heterocycles. The van der Waals surface area contributed by atoms with E-state index < -0.39 is 0 Å². The van der Waals surface area contributed by atoms with Gasteiger partial charge < -0.3 is 19.7 Å². The van der Waals surface area contributed by atoms with Gasteiger partial charge in [-0.15, -0.1) is 0 Å². The summed E-state index contributed by atoms with van der Waals surface area (Å²) in [5, 5.41) is 23.6. The molecule has 8 bridgehead atoms. The largest absolute Gasteiger partial charge is 0.507 e. The fourth-order valence-electron chi connectivity index (χ4n) is 8.56.